The highest BCUT2D eigenvalue weighted by molar-refractivity contribution is 7.92. The largest absolute Gasteiger partial charge is 0.495 e. The van der Waals surface area contributed by atoms with Crippen molar-refractivity contribution in [2.45, 2.75) is 11.5 Å². The molecule has 1 heterocycles. The Morgan fingerprint density at radius 3 is 2.35 bits per heavy atom. The van der Waals surface area contributed by atoms with Gasteiger partial charge in [-0.1, -0.05) is 30.3 Å². The van der Waals surface area contributed by atoms with E-state index in [1.54, 1.807) is 24.3 Å². The number of esters is 1. The van der Waals surface area contributed by atoms with Gasteiger partial charge >= 0.3 is 5.97 Å². The molecule has 3 aromatic carbocycles. The molecule has 0 bridgehead atoms. The summed E-state index contributed by atoms with van der Waals surface area (Å²) in [5, 5.41) is 11.4. The molecule has 10 nitrogen and oxygen atoms in total. The fraction of sp³-hybridized carbons (Fsp3) is 0.130. The van der Waals surface area contributed by atoms with Crippen LogP contribution < -0.4 is 9.04 Å². The molecule has 0 aliphatic carbocycles. The van der Waals surface area contributed by atoms with Crippen molar-refractivity contribution in [2.75, 3.05) is 18.5 Å². The number of tetrazole rings is 1. The van der Waals surface area contributed by atoms with Gasteiger partial charge in [0.05, 0.1) is 28.9 Å². The first-order valence-corrected chi connectivity index (χ1v) is 11.6. The van der Waals surface area contributed by atoms with E-state index in [-0.39, 0.29) is 17.1 Å². The minimum absolute atomic E-state index is 0.0190. The van der Waals surface area contributed by atoms with Crippen LogP contribution in [0.25, 0.3) is 5.69 Å². The summed E-state index contributed by atoms with van der Waals surface area (Å²) >= 11 is 0. The predicted octanol–water partition coefficient (Wildman–Crippen LogP) is 2.85. The normalized spacial score (nSPS) is 11.1. The average Bonchev–Trinajstić information content (AvgIpc) is 3.36. The summed E-state index contributed by atoms with van der Waals surface area (Å²) in [4.78, 5) is 12.5. The standard InChI is InChI=1S/C23H21N5O5S/c1-27(20-10-6-7-11-21(20)32-2)34(30,31)19-14-12-17(13-15-19)23(29)33-16-22-24-25-26-28(22)18-8-4-3-5-9-18/h3-15H,16H2,1-2H3. The molecule has 0 atom stereocenters. The van der Waals surface area contributed by atoms with E-state index in [0.717, 1.165) is 9.99 Å². The van der Waals surface area contributed by atoms with Crippen LogP contribution in [0.2, 0.25) is 0 Å². The van der Waals surface area contributed by atoms with Gasteiger partial charge < -0.3 is 9.47 Å². The summed E-state index contributed by atoms with van der Waals surface area (Å²) in [5.41, 5.74) is 1.31. The quantitative estimate of drug-likeness (QED) is 0.354. The lowest BCUT2D eigenvalue weighted by atomic mass is 10.2. The van der Waals surface area contributed by atoms with E-state index >= 15 is 0 Å². The molecule has 34 heavy (non-hydrogen) atoms. The van der Waals surface area contributed by atoms with E-state index in [9.17, 15) is 13.2 Å². The number of anilines is 1. The summed E-state index contributed by atoms with van der Waals surface area (Å²) in [7, 11) is -0.973. The summed E-state index contributed by atoms with van der Waals surface area (Å²) in [6.45, 7) is -0.155. The molecule has 0 spiro atoms. The lowest BCUT2D eigenvalue weighted by molar-refractivity contribution is 0.0459. The van der Waals surface area contributed by atoms with Crippen LogP contribution >= 0.6 is 0 Å². The number of aromatic nitrogens is 4. The average molecular weight is 480 g/mol. The van der Waals surface area contributed by atoms with Crippen LogP contribution in [0.15, 0.2) is 83.8 Å². The Balaban J connectivity index is 1.47. The molecule has 0 N–H and O–H groups in total. The van der Waals surface area contributed by atoms with Gasteiger partial charge in [-0.2, -0.15) is 4.68 Å². The van der Waals surface area contributed by atoms with E-state index in [4.69, 9.17) is 9.47 Å². The van der Waals surface area contributed by atoms with Crippen molar-refractivity contribution in [3.63, 3.8) is 0 Å². The second-order valence-electron chi connectivity index (χ2n) is 7.09. The topological polar surface area (TPSA) is 117 Å². The summed E-state index contributed by atoms with van der Waals surface area (Å²) < 4.78 is 39.3. The maximum Gasteiger partial charge on any atom is 0.338 e. The lowest BCUT2D eigenvalue weighted by Gasteiger charge is -2.21. The number of para-hydroxylation sites is 3. The Morgan fingerprint density at radius 1 is 0.971 bits per heavy atom. The molecule has 1 aromatic heterocycles. The highest BCUT2D eigenvalue weighted by Crippen LogP contribution is 2.30. The van der Waals surface area contributed by atoms with Gasteiger partial charge in [-0.3, -0.25) is 4.31 Å². The molecule has 174 valence electrons. The number of hydrogen-bond acceptors (Lipinski definition) is 8. The zero-order chi connectivity index (χ0) is 24.1. The third-order valence-electron chi connectivity index (χ3n) is 5.04. The highest BCUT2D eigenvalue weighted by atomic mass is 32.2. The maximum atomic E-state index is 13.1. The van der Waals surface area contributed by atoms with Crippen LogP contribution in [0.1, 0.15) is 16.2 Å². The minimum Gasteiger partial charge on any atom is -0.495 e. The molecule has 0 aliphatic heterocycles. The fourth-order valence-corrected chi connectivity index (χ4v) is 4.43. The fourth-order valence-electron chi connectivity index (χ4n) is 3.22. The molecule has 0 amide bonds. The van der Waals surface area contributed by atoms with Gasteiger partial charge in [0.2, 0.25) is 0 Å². The smallest absolute Gasteiger partial charge is 0.338 e. The number of rotatable bonds is 8. The monoisotopic (exact) mass is 479 g/mol. The van der Waals surface area contributed by atoms with Crippen LogP contribution in [0.4, 0.5) is 5.69 Å². The van der Waals surface area contributed by atoms with Crippen LogP contribution in [0.5, 0.6) is 5.75 Å². The van der Waals surface area contributed by atoms with Crippen molar-refractivity contribution >= 4 is 21.7 Å². The summed E-state index contributed by atoms with van der Waals surface area (Å²) in [6, 6.07) is 21.5. The Hall–Kier alpha value is -4.25. The van der Waals surface area contributed by atoms with E-state index in [0.29, 0.717) is 17.3 Å². The van der Waals surface area contributed by atoms with Gasteiger partial charge in [-0.15, -0.1) is 5.10 Å². The molecule has 4 rings (SSSR count). The predicted molar refractivity (Wildman–Crippen MR) is 123 cm³/mol. The van der Waals surface area contributed by atoms with Crippen molar-refractivity contribution in [3.05, 3.63) is 90.3 Å². The van der Waals surface area contributed by atoms with Crippen LogP contribution in [-0.2, 0) is 21.4 Å². The van der Waals surface area contributed by atoms with Gasteiger partial charge in [0.25, 0.3) is 10.0 Å². The number of sulfonamides is 1. The molecule has 11 heteroatoms. The van der Waals surface area contributed by atoms with E-state index < -0.39 is 16.0 Å². The van der Waals surface area contributed by atoms with Crippen molar-refractivity contribution in [2.24, 2.45) is 0 Å². The van der Waals surface area contributed by atoms with Crippen molar-refractivity contribution in [1.82, 2.24) is 20.2 Å². The van der Waals surface area contributed by atoms with Gasteiger partial charge in [0.15, 0.2) is 12.4 Å². The van der Waals surface area contributed by atoms with E-state index in [2.05, 4.69) is 15.5 Å². The number of benzene rings is 3. The van der Waals surface area contributed by atoms with Gasteiger partial charge in [-0.05, 0) is 59.0 Å². The van der Waals surface area contributed by atoms with Gasteiger partial charge in [-0.25, -0.2) is 13.2 Å². The van der Waals surface area contributed by atoms with Crippen LogP contribution in [0.3, 0.4) is 0 Å². The summed E-state index contributed by atoms with van der Waals surface area (Å²) in [6.07, 6.45) is 0. The first-order valence-electron chi connectivity index (χ1n) is 10.1. The molecule has 0 radical (unpaired) electrons. The van der Waals surface area contributed by atoms with Gasteiger partial charge in [0, 0.05) is 7.05 Å². The molecular formula is C23H21N5O5S. The van der Waals surface area contributed by atoms with Crippen LogP contribution in [-0.4, -0.2) is 48.8 Å². The SMILES string of the molecule is COc1ccccc1N(C)S(=O)(=O)c1ccc(C(=O)OCc2nnnn2-c2ccccc2)cc1. The Bertz CT molecular complexity index is 1390. The zero-order valence-corrected chi connectivity index (χ0v) is 19.2. The van der Waals surface area contributed by atoms with E-state index in [1.807, 2.05) is 30.3 Å². The number of methoxy groups -OCH3 is 1. The molecule has 0 saturated heterocycles. The van der Waals surface area contributed by atoms with E-state index in [1.165, 1.54) is 43.1 Å². The molecule has 0 fully saturated rings. The summed E-state index contributed by atoms with van der Waals surface area (Å²) in [5.74, 6) is 0.133. The number of carbonyl (C=O) groups excluding carboxylic acids is 1. The zero-order valence-electron chi connectivity index (χ0n) is 18.4. The van der Waals surface area contributed by atoms with Gasteiger partial charge in [0.1, 0.15) is 5.75 Å². The highest BCUT2D eigenvalue weighted by Gasteiger charge is 2.24. The number of nitrogens with zero attached hydrogens (tertiary/aromatic N) is 5. The number of carbonyl (C=O) groups is 1. The third kappa shape index (κ3) is 4.59. The molecule has 0 aliphatic rings. The maximum absolute atomic E-state index is 13.1. The third-order valence-corrected chi connectivity index (χ3v) is 6.83. The van der Waals surface area contributed by atoms with Crippen LogP contribution in [0, 0.1) is 0 Å². The molecular weight excluding hydrogens is 458 g/mol. The van der Waals surface area contributed by atoms with Crippen molar-refractivity contribution < 1.29 is 22.7 Å². The first kappa shape index (κ1) is 22.9. The Labute approximate surface area is 196 Å². The second kappa shape index (κ2) is 9.71. The minimum atomic E-state index is -3.88. The van der Waals surface area contributed by atoms with Crippen molar-refractivity contribution in [3.8, 4) is 11.4 Å². The number of ether oxygens (including phenoxy) is 2. The first-order chi connectivity index (χ1) is 16.4. The second-order valence-corrected chi connectivity index (χ2v) is 9.06. The number of hydrogen-bond donors (Lipinski definition) is 0. The van der Waals surface area contributed by atoms with Crippen molar-refractivity contribution in [1.29, 1.82) is 0 Å². The lowest BCUT2D eigenvalue weighted by Crippen LogP contribution is -2.27. The molecule has 0 saturated carbocycles. The Morgan fingerprint density at radius 2 is 1.65 bits per heavy atom. The molecule has 0 unspecified atom stereocenters. The Kier molecular flexibility index (Phi) is 6.55. The molecule has 4 aromatic rings.